The number of hydrogen-bond donors (Lipinski definition) is 0. The van der Waals surface area contributed by atoms with Crippen molar-refractivity contribution in [2.45, 2.75) is 12.8 Å². The van der Waals surface area contributed by atoms with Gasteiger partial charge in [-0.3, -0.25) is 14.5 Å². The first-order valence-electron chi connectivity index (χ1n) is 6.98. The van der Waals surface area contributed by atoms with Crippen LogP contribution in [-0.2, 0) is 9.59 Å². The zero-order valence-electron chi connectivity index (χ0n) is 10.8. The van der Waals surface area contributed by atoms with Gasteiger partial charge in [-0.15, -0.1) is 0 Å². The Morgan fingerprint density at radius 1 is 0.900 bits per heavy atom. The molecule has 2 bridgehead atoms. The molecule has 0 unspecified atom stereocenters. The van der Waals surface area contributed by atoms with Crippen LogP contribution in [0.5, 0.6) is 0 Å². The lowest BCUT2D eigenvalue weighted by Gasteiger charge is -2.38. The zero-order valence-corrected chi connectivity index (χ0v) is 13.0. The first kappa shape index (κ1) is 12.6. The highest BCUT2D eigenvalue weighted by Gasteiger charge is 2.56. The fourth-order valence-corrected chi connectivity index (χ4v) is 4.28. The van der Waals surface area contributed by atoms with E-state index in [1.165, 1.54) is 4.90 Å². The van der Waals surface area contributed by atoms with E-state index in [1.54, 1.807) is 0 Å². The Labute approximate surface area is 131 Å². The fraction of sp³-hybridized carbons (Fsp3) is 0.375. The average Bonchev–Trinajstić information content (AvgIpc) is 2.76. The predicted molar refractivity (Wildman–Crippen MR) is 84.0 cm³/mol. The van der Waals surface area contributed by atoms with Gasteiger partial charge in [-0.25, -0.2) is 0 Å². The standard InChI is InChI=1S/C16H14INO2/c17-11-5-7-12(8-6-11)18-15(19)13-9-1-2-10(4-3-9)14(13)16(18)20/h1-2,5-10,13-14H,3-4H2/t9-,10+,13-,14+. The molecule has 0 N–H and O–H groups in total. The lowest BCUT2D eigenvalue weighted by molar-refractivity contribution is -0.124. The molecule has 4 heteroatoms. The molecule has 4 aliphatic rings. The van der Waals surface area contributed by atoms with Crippen LogP contribution in [0.4, 0.5) is 5.69 Å². The third-order valence-corrected chi connectivity index (χ3v) is 5.56. The summed E-state index contributed by atoms with van der Waals surface area (Å²) in [5.41, 5.74) is 0.717. The van der Waals surface area contributed by atoms with Crippen molar-refractivity contribution in [1.82, 2.24) is 0 Å². The smallest absolute Gasteiger partial charge is 0.238 e. The lowest BCUT2D eigenvalue weighted by atomic mass is 9.63. The van der Waals surface area contributed by atoms with Crippen LogP contribution in [0.3, 0.4) is 0 Å². The van der Waals surface area contributed by atoms with E-state index in [4.69, 9.17) is 0 Å². The van der Waals surface area contributed by atoms with E-state index < -0.39 is 0 Å². The van der Waals surface area contributed by atoms with Gasteiger partial charge in [0, 0.05) is 3.57 Å². The summed E-state index contributed by atoms with van der Waals surface area (Å²) in [7, 11) is 0. The van der Waals surface area contributed by atoms with Gasteiger partial charge >= 0.3 is 0 Å². The molecule has 1 heterocycles. The molecule has 3 nitrogen and oxygen atoms in total. The zero-order chi connectivity index (χ0) is 13.9. The lowest BCUT2D eigenvalue weighted by Crippen LogP contribution is -2.38. The number of halogens is 1. The van der Waals surface area contributed by atoms with Crippen molar-refractivity contribution in [2.24, 2.45) is 23.7 Å². The monoisotopic (exact) mass is 379 g/mol. The maximum Gasteiger partial charge on any atom is 0.238 e. The third kappa shape index (κ3) is 1.63. The number of anilines is 1. The summed E-state index contributed by atoms with van der Waals surface area (Å²) in [6.07, 6.45) is 6.39. The first-order valence-corrected chi connectivity index (χ1v) is 8.06. The third-order valence-electron chi connectivity index (χ3n) is 4.84. The highest BCUT2D eigenvalue weighted by molar-refractivity contribution is 14.1. The van der Waals surface area contributed by atoms with E-state index in [2.05, 4.69) is 34.7 Å². The quantitative estimate of drug-likeness (QED) is 0.428. The maximum absolute atomic E-state index is 12.7. The van der Waals surface area contributed by atoms with Crippen molar-refractivity contribution in [3.05, 3.63) is 40.0 Å². The van der Waals surface area contributed by atoms with Gasteiger partial charge in [0.05, 0.1) is 17.5 Å². The molecule has 0 aromatic heterocycles. The van der Waals surface area contributed by atoms with E-state index >= 15 is 0 Å². The number of carbonyl (C=O) groups excluding carboxylic acids is 2. The molecule has 2 amide bonds. The second-order valence-corrected chi connectivity index (χ2v) is 7.08. The Bertz CT molecular complexity index is 590. The van der Waals surface area contributed by atoms with Gasteiger partial charge < -0.3 is 0 Å². The summed E-state index contributed by atoms with van der Waals surface area (Å²) in [6, 6.07) is 7.60. The molecule has 0 spiro atoms. The minimum absolute atomic E-state index is 0.000239. The minimum atomic E-state index is -0.120. The van der Waals surface area contributed by atoms with Gasteiger partial charge in [0.1, 0.15) is 0 Å². The van der Waals surface area contributed by atoms with E-state index in [1.807, 2.05) is 24.3 Å². The van der Waals surface area contributed by atoms with Gasteiger partial charge in [-0.05, 0) is 71.5 Å². The van der Waals surface area contributed by atoms with Crippen molar-refractivity contribution < 1.29 is 9.59 Å². The van der Waals surface area contributed by atoms with Crippen LogP contribution in [0, 0.1) is 27.2 Å². The second kappa shape index (κ2) is 4.41. The molecule has 20 heavy (non-hydrogen) atoms. The molecule has 1 saturated heterocycles. The molecule has 1 saturated carbocycles. The van der Waals surface area contributed by atoms with Crippen LogP contribution in [-0.4, -0.2) is 11.8 Å². The Morgan fingerprint density at radius 3 is 1.85 bits per heavy atom. The largest absolute Gasteiger partial charge is 0.274 e. The highest BCUT2D eigenvalue weighted by atomic mass is 127. The van der Waals surface area contributed by atoms with Gasteiger partial charge in [0.2, 0.25) is 11.8 Å². The SMILES string of the molecule is O=C1[C@@H]2[C@H](C(=O)N1c1ccc(I)cc1)[C@@H]1C=C[C@H]2CC1. The van der Waals surface area contributed by atoms with Crippen molar-refractivity contribution in [2.75, 3.05) is 4.90 Å². The summed E-state index contributed by atoms with van der Waals surface area (Å²) >= 11 is 2.22. The number of allylic oxidation sites excluding steroid dienone is 2. The number of amides is 2. The molecule has 2 fully saturated rings. The van der Waals surface area contributed by atoms with Crippen molar-refractivity contribution in [3.63, 3.8) is 0 Å². The number of fused-ring (bicyclic) bond motifs is 1. The number of carbonyl (C=O) groups is 2. The molecule has 0 radical (unpaired) electrons. The van der Waals surface area contributed by atoms with Gasteiger partial charge in [-0.1, -0.05) is 12.2 Å². The molecular weight excluding hydrogens is 365 g/mol. The summed E-state index contributed by atoms with van der Waals surface area (Å²) < 4.78 is 1.10. The molecule has 4 atom stereocenters. The Morgan fingerprint density at radius 2 is 1.40 bits per heavy atom. The van der Waals surface area contributed by atoms with Gasteiger partial charge in [-0.2, -0.15) is 0 Å². The normalized spacial score (nSPS) is 34.8. The summed E-state index contributed by atoms with van der Waals surface area (Å²) in [5, 5.41) is 0. The minimum Gasteiger partial charge on any atom is -0.274 e. The van der Waals surface area contributed by atoms with Crippen molar-refractivity contribution in [3.8, 4) is 0 Å². The Balaban J connectivity index is 1.75. The molecule has 1 aromatic carbocycles. The number of nitrogens with zero attached hydrogens (tertiary/aromatic N) is 1. The summed E-state index contributed by atoms with van der Waals surface area (Å²) in [5.74, 6) is 0.280. The number of imide groups is 1. The van der Waals surface area contributed by atoms with E-state index in [9.17, 15) is 9.59 Å². The second-order valence-electron chi connectivity index (χ2n) is 5.83. The fourth-order valence-electron chi connectivity index (χ4n) is 3.92. The van der Waals surface area contributed by atoms with E-state index in [0.717, 1.165) is 16.4 Å². The number of benzene rings is 1. The van der Waals surface area contributed by atoms with E-state index in [-0.39, 0.29) is 35.5 Å². The van der Waals surface area contributed by atoms with Crippen LogP contribution < -0.4 is 4.90 Å². The van der Waals surface area contributed by atoms with Crippen LogP contribution in [0.25, 0.3) is 0 Å². The number of hydrogen-bond acceptors (Lipinski definition) is 2. The number of rotatable bonds is 1. The highest BCUT2D eigenvalue weighted by Crippen LogP contribution is 2.50. The molecule has 102 valence electrons. The maximum atomic E-state index is 12.7. The average molecular weight is 379 g/mol. The molecule has 5 rings (SSSR count). The molecule has 1 aromatic rings. The summed E-state index contributed by atoms with van der Waals surface area (Å²) in [6.45, 7) is 0. The van der Waals surface area contributed by atoms with Gasteiger partial charge in [0.15, 0.2) is 0 Å². The topological polar surface area (TPSA) is 37.4 Å². The predicted octanol–water partition coefficient (Wildman–Crippen LogP) is 2.99. The Hall–Kier alpha value is -1.17. The van der Waals surface area contributed by atoms with Crippen molar-refractivity contribution in [1.29, 1.82) is 0 Å². The Kier molecular flexibility index (Phi) is 2.77. The van der Waals surface area contributed by atoms with Crippen LogP contribution in [0.2, 0.25) is 0 Å². The van der Waals surface area contributed by atoms with Gasteiger partial charge in [0.25, 0.3) is 0 Å². The molecular formula is C16H14INO2. The molecule has 3 aliphatic carbocycles. The van der Waals surface area contributed by atoms with E-state index in [0.29, 0.717) is 5.69 Å². The van der Waals surface area contributed by atoms with Crippen LogP contribution >= 0.6 is 22.6 Å². The first-order chi connectivity index (χ1) is 9.66. The molecule has 1 aliphatic heterocycles. The summed E-state index contributed by atoms with van der Waals surface area (Å²) in [4.78, 5) is 26.8. The van der Waals surface area contributed by atoms with Crippen molar-refractivity contribution >= 4 is 40.1 Å². The van der Waals surface area contributed by atoms with Crippen LogP contribution in [0.15, 0.2) is 36.4 Å². The van der Waals surface area contributed by atoms with Crippen LogP contribution in [0.1, 0.15) is 12.8 Å².